The molecule has 1 spiro atoms. The van der Waals surface area contributed by atoms with Gasteiger partial charge in [0.15, 0.2) is 0 Å². The molecule has 0 saturated heterocycles. The Morgan fingerprint density at radius 2 is 2.22 bits per heavy atom. The molecule has 0 aliphatic heterocycles. The van der Waals surface area contributed by atoms with Crippen LogP contribution in [0, 0.1) is 5.41 Å². The van der Waals surface area contributed by atoms with Gasteiger partial charge < -0.3 is 15.4 Å². The summed E-state index contributed by atoms with van der Waals surface area (Å²) in [7, 11) is 1.92. The topological polar surface area (TPSA) is 68.5 Å². The molecule has 0 aromatic carbocycles. The van der Waals surface area contributed by atoms with Crippen LogP contribution < -0.4 is 5.73 Å². The Labute approximate surface area is 142 Å². The number of nitrogens with two attached hydrogens (primary N) is 1. The average Bonchev–Trinajstić information content (AvgIpc) is 3.07. The molecule has 6 heteroatoms. The van der Waals surface area contributed by atoms with Crippen LogP contribution in [0.3, 0.4) is 0 Å². The number of ether oxygens (including phenoxy) is 1. The predicted molar refractivity (Wildman–Crippen MR) is 91.4 cm³/mol. The van der Waals surface area contributed by atoms with Crippen molar-refractivity contribution in [3.05, 3.63) is 16.1 Å². The van der Waals surface area contributed by atoms with E-state index in [-0.39, 0.29) is 17.4 Å². The number of thiazole rings is 1. The van der Waals surface area contributed by atoms with Crippen LogP contribution in [0.5, 0.6) is 0 Å². The highest BCUT2D eigenvalue weighted by atomic mass is 32.1. The Balaban J connectivity index is 1.75. The molecule has 2 aliphatic carbocycles. The van der Waals surface area contributed by atoms with Crippen molar-refractivity contribution < 1.29 is 9.53 Å². The van der Waals surface area contributed by atoms with Crippen LogP contribution in [0.4, 0.5) is 0 Å². The minimum Gasteiger partial charge on any atom is -0.378 e. The largest absolute Gasteiger partial charge is 0.378 e. The summed E-state index contributed by atoms with van der Waals surface area (Å²) in [4.78, 5) is 19.1. The van der Waals surface area contributed by atoms with Crippen molar-refractivity contribution in [3.8, 4) is 0 Å². The Bertz CT molecular complexity index is 554. The SMILES string of the molecule is CCO[C@H]1C[C@@H](N(C)C(=O)c2csc(CN)n2)C12CCCCC2. The molecule has 5 nitrogen and oxygen atoms in total. The molecule has 3 rings (SSSR count). The first kappa shape index (κ1) is 16.9. The van der Waals surface area contributed by atoms with Crippen molar-refractivity contribution in [1.82, 2.24) is 9.88 Å². The number of carbonyl (C=O) groups is 1. The second kappa shape index (κ2) is 6.87. The Morgan fingerprint density at radius 1 is 1.48 bits per heavy atom. The highest BCUT2D eigenvalue weighted by Gasteiger charge is 2.57. The van der Waals surface area contributed by atoms with Crippen molar-refractivity contribution in [2.75, 3.05) is 13.7 Å². The van der Waals surface area contributed by atoms with E-state index in [2.05, 4.69) is 11.9 Å². The van der Waals surface area contributed by atoms with Gasteiger partial charge in [-0.25, -0.2) is 4.98 Å². The van der Waals surface area contributed by atoms with Gasteiger partial charge in [-0.05, 0) is 26.2 Å². The second-order valence-electron chi connectivity index (χ2n) is 6.74. The Kier molecular flexibility index (Phi) is 5.04. The highest BCUT2D eigenvalue weighted by molar-refractivity contribution is 7.09. The third kappa shape index (κ3) is 2.92. The zero-order chi connectivity index (χ0) is 16.4. The molecule has 0 bridgehead atoms. The minimum absolute atomic E-state index is 0.0193. The van der Waals surface area contributed by atoms with Gasteiger partial charge in [0.25, 0.3) is 5.91 Å². The average molecular weight is 337 g/mol. The van der Waals surface area contributed by atoms with E-state index in [1.165, 1.54) is 43.4 Å². The monoisotopic (exact) mass is 337 g/mol. The van der Waals surface area contributed by atoms with E-state index >= 15 is 0 Å². The Hall–Kier alpha value is -0.980. The molecule has 1 amide bonds. The van der Waals surface area contributed by atoms with Crippen molar-refractivity contribution >= 4 is 17.2 Å². The summed E-state index contributed by atoms with van der Waals surface area (Å²) >= 11 is 1.46. The fourth-order valence-electron chi connectivity index (χ4n) is 4.40. The van der Waals surface area contributed by atoms with Gasteiger partial charge in [0.2, 0.25) is 0 Å². The van der Waals surface area contributed by atoms with Crippen LogP contribution in [0.25, 0.3) is 0 Å². The van der Waals surface area contributed by atoms with Crippen LogP contribution in [0.2, 0.25) is 0 Å². The van der Waals surface area contributed by atoms with Crippen LogP contribution in [-0.2, 0) is 11.3 Å². The lowest BCUT2D eigenvalue weighted by atomic mass is 9.54. The van der Waals surface area contributed by atoms with Gasteiger partial charge in [-0.15, -0.1) is 11.3 Å². The van der Waals surface area contributed by atoms with Gasteiger partial charge in [0.05, 0.1) is 6.10 Å². The molecular formula is C17H27N3O2S. The summed E-state index contributed by atoms with van der Waals surface area (Å²) in [6.07, 6.45) is 7.39. The lowest BCUT2D eigenvalue weighted by molar-refractivity contribution is -0.170. The van der Waals surface area contributed by atoms with Crippen molar-refractivity contribution in [2.24, 2.45) is 11.1 Å². The third-order valence-electron chi connectivity index (χ3n) is 5.63. The van der Waals surface area contributed by atoms with E-state index in [0.29, 0.717) is 18.3 Å². The summed E-state index contributed by atoms with van der Waals surface area (Å²) in [5.74, 6) is 0.0193. The number of rotatable bonds is 5. The molecule has 0 unspecified atom stereocenters. The lowest BCUT2D eigenvalue weighted by Gasteiger charge is -2.60. The fourth-order valence-corrected chi connectivity index (χ4v) is 5.04. The maximum atomic E-state index is 12.8. The zero-order valence-corrected chi connectivity index (χ0v) is 14.9. The number of aromatic nitrogens is 1. The van der Waals surface area contributed by atoms with Crippen LogP contribution in [-0.4, -0.2) is 41.6 Å². The van der Waals surface area contributed by atoms with Gasteiger partial charge in [-0.1, -0.05) is 19.3 Å². The summed E-state index contributed by atoms with van der Waals surface area (Å²) in [5, 5.41) is 2.64. The molecule has 1 heterocycles. The van der Waals surface area contributed by atoms with Gasteiger partial charge >= 0.3 is 0 Å². The van der Waals surface area contributed by atoms with E-state index in [0.717, 1.165) is 18.0 Å². The summed E-state index contributed by atoms with van der Waals surface area (Å²) < 4.78 is 5.99. The second-order valence-corrected chi connectivity index (χ2v) is 7.68. The van der Waals surface area contributed by atoms with Gasteiger partial charge in [0, 0.05) is 37.0 Å². The molecule has 2 atom stereocenters. The predicted octanol–water partition coefficient (Wildman–Crippen LogP) is 2.80. The first-order chi connectivity index (χ1) is 11.1. The standard InChI is InChI=1S/C17H27N3O2S/c1-3-22-14-9-13(17(14)7-5-4-6-8-17)20(2)16(21)12-11-23-15(10-18)19-12/h11,13-14H,3-10,18H2,1-2H3/t13-,14+/m1/s1. The molecule has 128 valence electrons. The minimum atomic E-state index is 0.0193. The normalized spacial score (nSPS) is 26.0. The van der Waals surface area contributed by atoms with Crippen LogP contribution in [0.15, 0.2) is 5.38 Å². The zero-order valence-electron chi connectivity index (χ0n) is 14.1. The maximum absolute atomic E-state index is 12.8. The van der Waals surface area contributed by atoms with Gasteiger partial charge in [-0.2, -0.15) is 0 Å². The van der Waals surface area contributed by atoms with E-state index in [1.807, 2.05) is 17.3 Å². The number of amides is 1. The molecular weight excluding hydrogens is 310 g/mol. The molecule has 1 aromatic heterocycles. The van der Waals surface area contributed by atoms with Gasteiger partial charge in [0.1, 0.15) is 10.7 Å². The smallest absolute Gasteiger partial charge is 0.273 e. The first-order valence-electron chi connectivity index (χ1n) is 8.65. The quantitative estimate of drug-likeness (QED) is 0.897. The molecule has 23 heavy (non-hydrogen) atoms. The molecule has 2 aliphatic rings. The van der Waals surface area contributed by atoms with Crippen LogP contribution >= 0.6 is 11.3 Å². The third-order valence-corrected chi connectivity index (χ3v) is 6.50. The number of nitrogens with zero attached hydrogens (tertiary/aromatic N) is 2. The number of carbonyl (C=O) groups excluding carboxylic acids is 1. The van der Waals surface area contributed by atoms with Crippen LogP contribution in [0.1, 0.15) is 60.9 Å². The maximum Gasteiger partial charge on any atom is 0.273 e. The summed E-state index contributed by atoms with van der Waals surface area (Å²) in [5.41, 5.74) is 6.30. The molecule has 2 fully saturated rings. The molecule has 0 radical (unpaired) electrons. The summed E-state index contributed by atoms with van der Waals surface area (Å²) in [6, 6.07) is 0.273. The van der Waals surface area contributed by atoms with E-state index in [1.54, 1.807) is 0 Å². The highest BCUT2D eigenvalue weighted by Crippen LogP contribution is 2.55. The number of hydrogen-bond donors (Lipinski definition) is 1. The van der Waals surface area contributed by atoms with Crippen molar-refractivity contribution in [2.45, 2.75) is 64.1 Å². The molecule has 2 N–H and O–H groups in total. The lowest BCUT2D eigenvalue weighted by Crippen LogP contribution is -2.65. The molecule has 2 saturated carbocycles. The van der Waals surface area contributed by atoms with Crippen molar-refractivity contribution in [3.63, 3.8) is 0 Å². The van der Waals surface area contributed by atoms with E-state index < -0.39 is 0 Å². The van der Waals surface area contributed by atoms with E-state index in [4.69, 9.17) is 10.5 Å². The summed E-state index contributed by atoms with van der Waals surface area (Å²) in [6.45, 7) is 3.20. The number of hydrogen-bond acceptors (Lipinski definition) is 5. The van der Waals surface area contributed by atoms with Gasteiger partial charge in [-0.3, -0.25) is 4.79 Å². The first-order valence-corrected chi connectivity index (χ1v) is 9.53. The fraction of sp³-hybridized carbons (Fsp3) is 0.765. The molecule has 1 aromatic rings. The van der Waals surface area contributed by atoms with Crippen molar-refractivity contribution in [1.29, 1.82) is 0 Å². The Morgan fingerprint density at radius 3 is 2.83 bits per heavy atom. The van der Waals surface area contributed by atoms with E-state index in [9.17, 15) is 4.79 Å².